The Morgan fingerprint density at radius 1 is 1.11 bits per heavy atom. The van der Waals surface area contributed by atoms with E-state index < -0.39 is 0 Å². The molecule has 1 aromatic rings. The minimum Gasteiger partial charge on any atom is -0.314 e. The highest BCUT2D eigenvalue weighted by Gasteiger charge is 2.19. The van der Waals surface area contributed by atoms with E-state index >= 15 is 0 Å². The summed E-state index contributed by atoms with van der Waals surface area (Å²) in [6.07, 6.45) is 8.97. The summed E-state index contributed by atoms with van der Waals surface area (Å²) in [5.41, 5.74) is 3.18. The van der Waals surface area contributed by atoms with Gasteiger partial charge in [-0.15, -0.1) is 0 Å². The summed E-state index contributed by atoms with van der Waals surface area (Å²) in [6, 6.07) is 4.67. The smallest absolute Gasteiger partial charge is 0.129 e. The van der Waals surface area contributed by atoms with Crippen LogP contribution in [0, 0.1) is 5.82 Å². The molecular formula is C16H22FN. The van der Waals surface area contributed by atoms with Crippen LogP contribution in [0.25, 0.3) is 0 Å². The van der Waals surface area contributed by atoms with Gasteiger partial charge in [0.05, 0.1) is 0 Å². The van der Waals surface area contributed by atoms with Crippen molar-refractivity contribution in [3.63, 3.8) is 0 Å². The van der Waals surface area contributed by atoms with E-state index in [0.717, 1.165) is 43.4 Å². The first kappa shape index (κ1) is 12.2. The quantitative estimate of drug-likeness (QED) is 0.844. The molecule has 3 rings (SSSR count). The summed E-state index contributed by atoms with van der Waals surface area (Å²) in [5, 5.41) is 3.51. The Morgan fingerprint density at radius 2 is 2.00 bits per heavy atom. The molecule has 0 radical (unpaired) electrons. The number of hydrogen-bond donors (Lipinski definition) is 1. The van der Waals surface area contributed by atoms with Crippen molar-refractivity contribution >= 4 is 0 Å². The van der Waals surface area contributed by atoms with E-state index in [4.69, 9.17) is 0 Å². The fraction of sp³-hybridized carbons (Fsp3) is 0.625. The summed E-state index contributed by atoms with van der Waals surface area (Å²) >= 11 is 0. The Morgan fingerprint density at radius 3 is 2.83 bits per heavy atom. The molecule has 1 fully saturated rings. The summed E-state index contributed by atoms with van der Waals surface area (Å²) in [4.78, 5) is 0. The maximum atomic E-state index is 14.5. The van der Waals surface area contributed by atoms with E-state index in [2.05, 4.69) is 11.4 Å². The second kappa shape index (κ2) is 5.40. The topological polar surface area (TPSA) is 12.0 Å². The SMILES string of the molecule is Fc1c(CC2CCCCN2)ccc2c1CCCC2. The molecule has 1 heterocycles. The van der Waals surface area contributed by atoms with Crippen molar-refractivity contribution in [1.82, 2.24) is 5.32 Å². The monoisotopic (exact) mass is 247 g/mol. The standard InChI is InChI=1S/C16H22FN/c17-16-13(11-14-6-3-4-10-18-14)9-8-12-5-1-2-7-15(12)16/h8-9,14,18H,1-7,10-11H2. The Labute approximate surface area is 109 Å². The van der Waals surface area contributed by atoms with Crippen LogP contribution in [0.4, 0.5) is 4.39 Å². The van der Waals surface area contributed by atoms with Gasteiger partial charge < -0.3 is 5.32 Å². The van der Waals surface area contributed by atoms with Gasteiger partial charge in [0, 0.05) is 6.04 Å². The van der Waals surface area contributed by atoms with Crippen molar-refractivity contribution < 1.29 is 4.39 Å². The number of hydrogen-bond acceptors (Lipinski definition) is 1. The molecular weight excluding hydrogens is 225 g/mol. The van der Waals surface area contributed by atoms with Gasteiger partial charge in [-0.05, 0) is 68.2 Å². The fourth-order valence-corrected chi connectivity index (χ4v) is 3.35. The second-order valence-electron chi connectivity index (χ2n) is 5.73. The molecule has 1 aliphatic heterocycles. The van der Waals surface area contributed by atoms with E-state index in [0.29, 0.717) is 6.04 Å². The summed E-state index contributed by atoms with van der Waals surface area (Å²) < 4.78 is 14.5. The number of halogens is 1. The lowest BCUT2D eigenvalue weighted by molar-refractivity contribution is 0.394. The van der Waals surface area contributed by atoms with Gasteiger partial charge in [-0.25, -0.2) is 4.39 Å². The molecule has 18 heavy (non-hydrogen) atoms. The van der Waals surface area contributed by atoms with Crippen LogP contribution in [0.1, 0.15) is 48.8 Å². The third-order valence-corrected chi connectivity index (χ3v) is 4.42. The van der Waals surface area contributed by atoms with Gasteiger partial charge in [0.25, 0.3) is 0 Å². The Bertz CT molecular complexity index is 421. The number of aryl methyl sites for hydroxylation is 1. The lowest BCUT2D eigenvalue weighted by Crippen LogP contribution is -2.35. The zero-order chi connectivity index (χ0) is 12.4. The van der Waals surface area contributed by atoms with Gasteiger partial charge in [-0.1, -0.05) is 18.6 Å². The molecule has 1 N–H and O–H groups in total. The highest BCUT2D eigenvalue weighted by Crippen LogP contribution is 2.27. The van der Waals surface area contributed by atoms with E-state index in [1.54, 1.807) is 0 Å². The van der Waals surface area contributed by atoms with Gasteiger partial charge in [0.2, 0.25) is 0 Å². The van der Waals surface area contributed by atoms with Crippen molar-refractivity contribution in [2.45, 2.75) is 57.4 Å². The molecule has 1 saturated heterocycles. The van der Waals surface area contributed by atoms with Crippen LogP contribution in [0.2, 0.25) is 0 Å². The summed E-state index contributed by atoms with van der Waals surface area (Å²) in [6.45, 7) is 1.09. The van der Waals surface area contributed by atoms with Gasteiger partial charge in [0.1, 0.15) is 5.82 Å². The third-order valence-electron chi connectivity index (χ3n) is 4.42. The summed E-state index contributed by atoms with van der Waals surface area (Å²) in [7, 11) is 0. The first-order chi connectivity index (χ1) is 8.84. The minimum atomic E-state index is 0.0968. The molecule has 0 spiro atoms. The van der Waals surface area contributed by atoms with Crippen molar-refractivity contribution in [1.29, 1.82) is 0 Å². The Hall–Kier alpha value is -0.890. The van der Waals surface area contributed by atoms with Crippen LogP contribution in [0.3, 0.4) is 0 Å². The van der Waals surface area contributed by atoms with Gasteiger partial charge in [-0.3, -0.25) is 0 Å². The van der Waals surface area contributed by atoms with Crippen molar-refractivity contribution in [3.8, 4) is 0 Å². The van der Waals surface area contributed by atoms with Gasteiger partial charge in [0.15, 0.2) is 0 Å². The lowest BCUT2D eigenvalue weighted by atomic mass is 9.88. The average molecular weight is 247 g/mol. The second-order valence-corrected chi connectivity index (χ2v) is 5.73. The number of benzene rings is 1. The Balaban J connectivity index is 1.79. The van der Waals surface area contributed by atoms with Gasteiger partial charge in [-0.2, -0.15) is 0 Å². The normalized spacial score (nSPS) is 23.7. The molecule has 1 aliphatic carbocycles. The van der Waals surface area contributed by atoms with Crippen molar-refractivity contribution in [2.75, 3.05) is 6.54 Å². The number of nitrogens with one attached hydrogen (secondary N) is 1. The molecule has 1 aromatic carbocycles. The van der Waals surface area contributed by atoms with Crippen LogP contribution in [-0.2, 0) is 19.3 Å². The zero-order valence-electron chi connectivity index (χ0n) is 11.0. The van der Waals surface area contributed by atoms with Crippen LogP contribution >= 0.6 is 0 Å². The van der Waals surface area contributed by atoms with E-state index in [1.807, 2.05) is 6.07 Å². The van der Waals surface area contributed by atoms with Gasteiger partial charge >= 0.3 is 0 Å². The van der Waals surface area contributed by atoms with Crippen LogP contribution in [0.5, 0.6) is 0 Å². The molecule has 0 bridgehead atoms. The lowest BCUT2D eigenvalue weighted by Gasteiger charge is -2.25. The fourth-order valence-electron chi connectivity index (χ4n) is 3.35. The Kier molecular flexibility index (Phi) is 3.64. The van der Waals surface area contributed by atoms with E-state index in [1.165, 1.54) is 31.2 Å². The highest BCUT2D eigenvalue weighted by molar-refractivity contribution is 5.36. The number of fused-ring (bicyclic) bond motifs is 1. The molecule has 0 amide bonds. The molecule has 1 nitrogen and oxygen atoms in total. The van der Waals surface area contributed by atoms with Crippen molar-refractivity contribution in [3.05, 3.63) is 34.6 Å². The molecule has 98 valence electrons. The number of piperidine rings is 1. The predicted molar refractivity (Wildman–Crippen MR) is 72.4 cm³/mol. The zero-order valence-corrected chi connectivity index (χ0v) is 11.0. The molecule has 0 aromatic heterocycles. The molecule has 1 unspecified atom stereocenters. The minimum absolute atomic E-state index is 0.0968. The average Bonchev–Trinajstić information content (AvgIpc) is 2.43. The molecule has 0 saturated carbocycles. The first-order valence-electron chi connectivity index (χ1n) is 7.37. The maximum Gasteiger partial charge on any atom is 0.129 e. The summed E-state index contributed by atoms with van der Waals surface area (Å²) in [5.74, 6) is 0.0968. The van der Waals surface area contributed by atoms with Crippen LogP contribution in [0.15, 0.2) is 12.1 Å². The van der Waals surface area contributed by atoms with Crippen molar-refractivity contribution in [2.24, 2.45) is 0 Å². The van der Waals surface area contributed by atoms with Crippen LogP contribution in [-0.4, -0.2) is 12.6 Å². The number of rotatable bonds is 2. The highest BCUT2D eigenvalue weighted by atomic mass is 19.1. The maximum absolute atomic E-state index is 14.5. The predicted octanol–water partition coefficient (Wildman–Crippen LogP) is 3.39. The molecule has 2 heteroatoms. The van der Waals surface area contributed by atoms with E-state index in [9.17, 15) is 4.39 Å². The molecule has 1 atom stereocenters. The van der Waals surface area contributed by atoms with E-state index in [-0.39, 0.29) is 5.82 Å². The van der Waals surface area contributed by atoms with Crippen LogP contribution < -0.4 is 5.32 Å². The molecule has 2 aliphatic rings. The third kappa shape index (κ3) is 2.44. The largest absolute Gasteiger partial charge is 0.314 e. The first-order valence-corrected chi connectivity index (χ1v) is 7.37.